The first-order chi connectivity index (χ1) is 9.86. The molecule has 0 radical (unpaired) electrons. The summed E-state index contributed by atoms with van der Waals surface area (Å²) in [6.45, 7) is 0.976. The molecule has 0 N–H and O–H groups in total. The highest BCUT2D eigenvalue weighted by Crippen LogP contribution is 2.03. The lowest BCUT2D eigenvalue weighted by Gasteiger charge is -2.01. The van der Waals surface area contributed by atoms with Crippen molar-refractivity contribution in [1.82, 2.24) is 0 Å². The Kier molecular flexibility index (Phi) is 5.74. The Hall–Kier alpha value is -2.19. The number of carbonyl (C=O) groups excluding carboxylic acids is 1. The molecule has 0 spiro atoms. The van der Waals surface area contributed by atoms with Gasteiger partial charge in [0.05, 0.1) is 13.2 Å². The molecule has 0 aliphatic heterocycles. The van der Waals surface area contributed by atoms with Gasteiger partial charge in [0.2, 0.25) is 0 Å². The summed E-state index contributed by atoms with van der Waals surface area (Å²) in [6, 6.07) is 19.4. The van der Waals surface area contributed by atoms with Crippen LogP contribution in [0.1, 0.15) is 22.3 Å². The summed E-state index contributed by atoms with van der Waals surface area (Å²) < 4.78 is 5.44. The molecule has 2 aromatic carbocycles. The van der Waals surface area contributed by atoms with Crippen LogP contribution >= 0.6 is 0 Å². The van der Waals surface area contributed by atoms with Crippen molar-refractivity contribution in [2.75, 3.05) is 13.2 Å². The Balaban J connectivity index is 1.65. The second-order valence-electron chi connectivity index (χ2n) is 4.43. The highest BCUT2D eigenvalue weighted by Gasteiger charge is 2.03. The maximum Gasteiger partial charge on any atom is 0.165 e. The van der Waals surface area contributed by atoms with Crippen LogP contribution in [0.5, 0.6) is 0 Å². The van der Waals surface area contributed by atoms with Gasteiger partial charge in [0.1, 0.15) is 0 Å². The minimum atomic E-state index is 0.123. The molecule has 0 saturated heterocycles. The average Bonchev–Trinajstić information content (AvgIpc) is 2.52. The van der Waals surface area contributed by atoms with Crippen molar-refractivity contribution in [2.24, 2.45) is 0 Å². The lowest BCUT2D eigenvalue weighted by Crippen LogP contribution is -2.04. The van der Waals surface area contributed by atoms with Crippen molar-refractivity contribution < 1.29 is 9.53 Å². The van der Waals surface area contributed by atoms with Gasteiger partial charge in [-0.1, -0.05) is 72.8 Å². The fourth-order valence-electron chi connectivity index (χ4n) is 1.83. The van der Waals surface area contributed by atoms with Crippen LogP contribution in [0.25, 0.3) is 6.08 Å². The van der Waals surface area contributed by atoms with Crippen LogP contribution in [0.2, 0.25) is 0 Å². The maximum atomic E-state index is 11.8. The maximum absolute atomic E-state index is 11.8. The topological polar surface area (TPSA) is 26.3 Å². The molecule has 2 rings (SSSR count). The summed E-state index contributed by atoms with van der Waals surface area (Å²) in [5.74, 6) is 0.123. The van der Waals surface area contributed by atoms with Crippen LogP contribution in [0.15, 0.2) is 66.7 Å². The van der Waals surface area contributed by atoms with E-state index in [2.05, 4.69) is 0 Å². The standard InChI is InChI=1S/C18H18O2/c19-18(17-11-5-2-6-12-17)13-15-20-14-7-10-16-8-3-1-4-9-16/h1-12H,13-15H2/b10-7+. The third-order valence-corrected chi connectivity index (χ3v) is 2.89. The molecule has 102 valence electrons. The summed E-state index contributed by atoms with van der Waals surface area (Å²) in [5, 5.41) is 0. The Morgan fingerprint density at radius 2 is 1.60 bits per heavy atom. The first-order valence-electron chi connectivity index (χ1n) is 6.74. The van der Waals surface area contributed by atoms with Crippen molar-refractivity contribution in [3.63, 3.8) is 0 Å². The third kappa shape index (κ3) is 4.82. The molecule has 0 heterocycles. The number of Topliss-reactive ketones (excluding diaryl/α,β-unsaturated/α-hetero) is 1. The molecule has 2 heteroatoms. The molecule has 0 fully saturated rings. The van der Waals surface area contributed by atoms with Gasteiger partial charge < -0.3 is 4.74 Å². The monoisotopic (exact) mass is 266 g/mol. The highest BCUT2D eigenvalue weighted by atomic mass is 16.5. The summed E-state index contributed by atoms with van der Waals surface area (Å²) in [7, 11) is 0. The molecule has 0 amide bonds. The Bertz CT molecular complexity index is 544. The van der Waals surface area contributed by atoms with Crippen molar-refractivity contribution in [2.45, 2.75) is 6.42 Å². The molecule has 0 bridgehead atoms. The van der Waals surface area contributed by atoms with Gasteiger partial charge in [-0.05, 0) is 5.56 Å². The lowest BCUT2D eigenvalue weighted by atomic mass is 10.1. The Labute approximate surface area is 119 Å². The number of benzene rings is 2. The molecule has 20 heavy (non-hydrogen) atoms. The van der Waals surface area contributed by atoms with Gasteiger partial charge in [-0.3, -0.25) is 4.79 Å². The quantitative estimate of drug-likeness (QED) is 0.559. The van der Waals surface area contributed by atoms with Crippen molar-refractivity contribution in [3.8, 4) is 0 Å². The molecule has 0 aliphatic carbocycles. The molecule has 0 unspecified atom stereocenters. The average molecular weight is 266 g/mol. The van der Waals surface area contributed by atoms with Gasteiger partial charge in [-0.15, -0.1) is 0 Å². The summed E-state index contributed by atoms with van der Waals surface area (Å²) >= 11 is 0. The van der Waals surface area contributed by atoms with Crippen molar-refractivity contribution in [1.29, 1.82) is 0 Å². The first kappa shape index (κ1) is 14.2. The zero-order valence-electron chi connectivity index (χ0n) is 11.4. The van der Waals surface area contributed by atoms with E-state index in [1.165, 1.54) is 0 Å². The predicted molar refractivity (Wildman–Crippen MR) is 81.7 cm³/mol. The number of ketones is 1. The second kappa shape index (κ2) is 8.08. The van der Waals surface area contributed by atoms with E-state index in [1.807, 2.05) is 72.8 Å². The van der Waals surface area contributed by atoms with E-state index in [-0.39, 0.29) is 5.78 Å². The molecule has 2 nitrogen and oxygen atoms in total. The summed E-state index contributed by atoms with van der Waals surface area (Å²) in [6.07, 6.45) is 4.39. The SMILES string of the molecule is O=C(CCOC/C=C/c1ccccc1)c1ccccc1. The minimum absolute atomic E-state index is 0.123. The van der Waals surface area contributed by atoms with Crippen LogP contribution in [0.3, 0.4) is 0 Å². The van der Waals surface area contributed by atoms with Gasteiger partial charge >= 0.3 is 0 Å². The van der Waals surface area contributed by atoms with Crippen molar-refractivity contribution >= 4 is 11.9 Å². The fraction of sp³-hybridized carbons (Fsp3) is 0.167. The molecular weight excluding hydrogens is 248 g/mol. The van der Waals surface area contributed by atoms with Crippen molar-refractivity contribution in [3.05, 3.63) is 77.9 Å². The lowest BCUT2D eigenvalue weighted by molar-refractivity contribution is 0.0910. The van der Waals surface area contributed by atoms with Gasteiger partial charge in [-0.25, -0.2) is 0 Å². The number of ether oxygens (including phenoxy) is 1. The molecule has 0 aromatic heterocycles. The predicted octanol–water partition coefficient (Wildman–Crippen LogP) is 3.99. The van der Waals surface area contributed by atoms with E-state index in [0.29, 0.717) is 19.6 Å². The van der Waals surface area contributed by atoms with Gasteiger partial charge in [0.25, 0.3) is 0 Å². The van der Waals surface area contributed by atoms with Crippen LogP contribution < -0.4 is 0 Å². The van der Waals surface area contributed by atoms with E-state index in [4.69, 9.17) is 4.74 Å². The van der Waals surface area contributed by atoms with E-state index >= 15 is 0 Å². The normalized spacial score (nSPS) is 10.8. The third-order valence-electron chi connectivity index (χ3n) is 2.89. The Morgan fingerprint density at radius 1 is 0.950 bits per heavy atom. The number of hydrogen-bond donors (Lipinski definition) is 0. The van der Waals surface area contributed by atoms with Gasteiger partial charge in [-0.2, -0.15) is 0 Å². The molecule has 0 aliphatic rings. The zero-order chi connectivity index (χ0) is 14.0. The van der Waals surface area contributed by atoms with Crippen LogP contribution in [-0.4, -0.2) is 19.0 Å². The molecule has 2 aromatic rings. The molecule has 0 atom stereocenters. The van der Waals surface area contributed by atoms with Gasteiger partial charge in [0.15, 0.2) is 5.78 Å². The largest absolute Gasteiger partial charge is 0.377 e. The van der Waals surface area contributed by atoms with Crippen LogP contribution in [0.4, 0.5) is 0 Å². The summed E-state index contributed by atoms with van der Waals surface area (Å²) in [5.41, 5.74) is 1.90. The Morgan fingerprint density at radius 3 is 2.30 bits per heavy atom. The number of carbonyl (C=O) groups is 1. The highest BCUT2D eigenvalue weighted by molar-refractivity contribution is 5.96. The van der Waals surface area contributed by atoms with Crippen LogP contribution in [-0.2, 0) is 4.74 Å². The smallest absolute Gasteiger partial charge is 0.165 e. The number of hydrogen-bond acceptors (Lipinski definition) is 2. The molecular formula is C18H18O2. The fourth-order valence-corrected chi connectivity index (χ4v) is 1.83. The summed E-state index contributed by atoms with van der Waals surface area (Å²) in [4.78, 5) is 11.8. The van der Waals surface area contributed by atoms with E-state index < -0.39 is 0 Å². The second-order valence-corrected chi connectivity index (χ2v) is 4.43. The first-order valence-corrected chi connectivity index (χ1v) is 6.74. The minimum Gasteiger partial charge on any atom is -0.377 e. The van der Waals surface area contributed by atoms with E-state index in [9.17, 15) is 4.79 Å². The van der Waals surface area contributed by atoms with Crippen LogP contribution in [0, 0.1) is 0 Å². The van der Waals surface area contributed by atoms with Gasteiger partial charge in [0, 0.05) is 12.0 Å². The molecule has 0 saturated carbocycles. The van der Waals surface area contributed by atoms with E-state index in [1.54, 1.807) is 0 Å². The zero-order valence-corrected chi connectivity index (χ0v) is 11.4. The number of rotatable bonds is 7. The van der Waals surface area contributed by atoms with E-state index in [0.717, 1.165) is 11.1 Å².